The zero-order valence-corrected chi connectivity index (χ0v) is 14.7. The van der Waals surface area contributed by atoms with E-state index >= 15 is 0 Å². The Labute approximate surface area is 153 Å². The number of hydrogen-bond donors (Lipinski definition) is 1. The SMILES string of the molecule is Cc1cc(O[C@H](C)C(=O)Nc2noc(-c3ccc(F)cc3)n2)ccc1Cl. The van der Waals surface area contributed by atoms with E-state index in [0.29, 0.717) is 16.3 Å². The summed E-state index contributed by atoms with van der Waals surface area (Å²) >= 11 is 5.97. The first-order valence-corrected chi connectivity index (χ1v) is 8.13. The molecule has 3 rings (SSSR count). The third kappa shape index (κ3) is 4.18. The topological polar surface area (TPSA) is 77.2 Å². The highest BCUT2D eigenvalue weighted by Crippen LogP contribution is 2.22. The number of rotatable bonds is 5. The van der Waals surface area contributed by atoms with E-state index in [2.05, 4.69) is 15.5 Å². The van der Waals surface area contributed by atoms with Crippen molar-refractivity contribution in [2.24, 2.45) is 0 Å². The number of hydrogen-bond acceptors (Lipinski definition) is 5. The van der Waals surface area contributed by atoms with E-state index in [4.69, 9.17) is 20.9 Å². The van der Waals surface area contributed by atoms with Crippen LogP contribution in [0, 0.1) is 12.7 Å². The van der Waals surface area contributed by atoms with Crippen molar-refractivity contribution in [2.75, 3.05) is 5.32 Å². The van der Waals surface area contributed by atoms with Crippen LogP contribution in [-0.2, 0) is 4.79 Å². The van der Waals surface area contributed by atoms with Crippen molar-refractivity contribution in [2.45, 2.75) is 20.0 Å². The molecule has 2 aromatic carbocycles. The standard InChI is InChI=1S/C18H15ClFN3O3/c1-10-9-14(7-8-15(10)19)25-11(2)16(24)21-18-22-17(26-23-18)12-3-5-13(20)6-4-12/h3-9,11H,1-2H3,(H,21,23,24)/t11-/m1/s1. The van der Waals surface area contributed by atoms with Gasteiger partial charge in [0.05, 0.1) is 0 Å². The lowest BCUT2D eigenvalue weighted by Gasteiger charge is -2.14. The van der Waals surface area contributed by atoms with Crippen LogP contribution >= 0.6 is 11.6 Å². The van der Waals surface area contributed by atoms with Crippen molar-refractivity contribution < 1.29 is 18.4 Å². The molecule has 6 nitrogen and oxygen atoms in total. The van der Waals surface area contributed by atoms with E-state index in [1.54, 1.807) is 25.1 Å². The molecule has 134 valence electrons. The van der Waals surface area contributed by atoms with Gasteiger partial charge >= 0.3 is 0 Å². The Balaban J connectivity index is 1.64. The van der Waals surface area contributed by atoms with E-state index in [1.165, 1.54) is 24.3 Å². The summed E-state index contributed by atoms with van der Waals surface area (Å²) in [5.74, 6) is -0.122. The lowest BCUT2D eigenvalue weighted by atomic mass is 10.2. The highest BCUT2D eigenvalue weighted by molar-refractivity contribution is 6.31. The number of anilines is 1. The lowest BCUT2D eigenvalue weighted by molar-refractivity contribution is -0.122. The number of nitrogens with zero attached hydrogens (tertiary/aromatic N) is 2. The van der Waals surface area contributed by atoms with Gasteiger partial charge in [-0.3, -0.25) is 10.1 Å². The maximum absolute atomic E-state index is 12.9. The number of carbonyl (C=O) groups excluding carboxylic acids is 1. The molecule has 3 aromatic rings. The van der Waals surface area contributed by atoms with Crippen molar-refractivity contribution in [1.82, 2.24) is 10.1 Å². The molecule has 8 heteroatoms. The number of benzene rings is 2. The minimum absolute atomic E-state index is 0.00272. The monoisotopic (exact) mass is 375 g/mol. The largest absolute Gasteiger partial charge is 0.481 e. The molecule has 0 saturated heterocycles. The molecule has 0 aliphatic heterocycles. The molecule has 0 fully saturated rings. The summed E-state index contributed by atoms with van der Waals surface area (Å²) in [6.45, 7) is 3.44. The molecule has 1 heterocycles. The van der Waals surface area contributed by atoms with Gasteiger partial charge < -0.3 is 9.26 Å². The average molecular weight is 376 g/mol. The molecule has 1 N–H and O–H groups in total. The second-order valence-corrected chi connectivity index (χ2v) is 6.00. The average Bonchev–Trinajstić information content (AvgIpc) is 3.07. The molecular weight excluding hydrogens is 361 g/mol. The van der Waals surface area contributed by atoms with Crippen LogP contribution in [-0.4, -0.2) is 22.2 Å². The molecule has 26 heavy (non-hydrogen) atoms. The molecule has 0 aliphatic rings. The number of carbonyl (C=O) groups is 1. The Morgan fingerprint density at radius 1 is 1.27 bits per heavy atom. The van der Waals surface area contributed by atoms with Crippen LogP contribution in [0.5, 0.6) is 5.75 Å². The predicted molar refractivity (Wildman–Crippen MR) is 94.6 cm³/mol. The van der Waals surface area contributed by atoms with Crippen LogP contribution < -0.4 is 10.1 Å². The van der Waals surface area contributed by atoms with Gasteiger partial charge in [0.2, 0.25) is 0 Å². The summed E-state index contributed by atoms with van der Waals surface area (Å²) in [6, 6.07) is 10.7. The molecule has 0 radical (unpaired) electrons. The first-order chi connectivity index (χ1) is 12.4. The fourth-order valence-electron chi connectivity index (χ4n) is 2.14. The Morgan fingerprint density at radius 2 is 2.00 bits per heavy atom. The summed E-state index contributed by atoms with van der Waals surface area (Å²) in [5, 5.41) is 6.81. The van der Waals surface area contributed by atoms with Gasteiger partial charge in [-0.1, -0.05) is 11.6 Å². The van der Waals surface area contributed by atoms with E-state index in [9.17, 15) is 9.18 Å². The first-order valence-electron chi connectivity index (χ1n) is 7.75. The molecule has 1 aromatic heterocycles. The second-order valence-electron chi connectivity index (χ2n) is 5.59. The van der Waals surface area contributed by atoms with Crippen LogP contribution in [0.1, 0.15) is 12.5 Å². The summed E-state index contributed by atoms with van der Waals surface area (Å²) < 4.78 is 23.6. The van der Waals surface area contributed by atoms with Crippen molar-refractivity contribution in [3.05, 3.63) is 58.9 Å². The van der Waals surface area contributed by atoms with Crippen LogP contribution in [0.3, 0.4) is 0 Å². The molecule has 0 aliphatic carbocycles. The summed E-state index contributed by atoms with van der Waals surface area (Å²) in [5.41, 5.74) is 1.39. The molecule has 0 spiro atoms. The maximum Gasteiger partial charge on any atom is 0.270 e. The second kappa shape index (κ2) is 7.53. The lowest BCUT2D eigenvalue weighted by Crippen LogP contribution is -2.30. The smallest absolute Gasteiger partial charge is 0.270 e. The van der Waals surface area contributed by atoms with Crippen molar-refractivity contribution >= 4 is 23.5 Å². The molecule has 1 atom stereocenters. The molecule has 0 bridgehead atoms. The van der Waals surface area contributed by atoms with Gasteiger partial charge in [-0.05, 0) is 67.0 Å². The zero-order chi connectivity index (χ0) is 18.7. The van der Waals surface area contributed by atoms with Crippen LogP contribution in [0.2, 0.25) is 5.02 Å². The Hall–Kier alpha value is -2.93. The highest BCUT2D eigenvalue weighted by atomic mass is 35.5. The van der Waals surface area contributed by atoms with Crippen LogP contribution in [0.15, 0.2) is 47.0 Å². The van der Waals surface area contributed by atoms with Crippen LogP contribution in [0.25, 0.3) is 11.5 Å². The highest BCUT2D eigenvalue weighted by Gasteiger charge is 2.18. The maximum atomic E-state index is 12.9. The molecule has 1 amide bonds. The Kier molecular flexibility index (Phi) is 5.18. The minimum Gasteiger partial charge on any atom is -0.481 e. The van der Waals surface area contributed by atoms with Crippen molar-refractivity contribution in [3.8, 4) is 17.2 Å². The van der Waals surface area contributed by atoms with Gasteiger partial charge in [-0.15, -0.1) is 0 Å². The van der Waals surface area contributed by atoms with Crippen LogP contribution in [0.4, 0.5) is 10.3 Å². The van der Waals surface area contributed by atoms with Gasteiger partial charge in [0.15, 0.2) is 6.10 Å². The number of amides is 1. The Bertz CT molecular complexity index is 928. The van der Waals surface area contributed by atoms with Gasteiger partial charge in [0, 0.05) is 10.6 Å². The molecular formula is C18H15ClFN3O3. The number of ether oxygens (including phenoxy) is 1. The van der Waals surface area contributed by atoms with E-state index in [1.807, 2.05) is 6.92 Å². The summed E-state index contributed by atoms with van der Waals surface area (Å²) in [7, 11) is 0. The summed E-state index contributed by atoms with van der Waals surface area (Å²) in [4.78, 5) is 16.3. The Morgan fingerprint density at radius 3 is 2.69 bits per heavy atom. The predicted octanol–water partition coefficient (Wildman–Crippen LogP) is 4.24. The fourth-order valence-corrected chi connectivity index (χ4v) is 2.26. The van der Waals surface area contributed by atoms with Gasteiger partial charge in [-0.25, -0.2) is 4.39 Å². The third-order valence-electron chi connectivity index (χ3n) is 3.56. The number of aryl methyl sites for hydroxylation is 1. The number of halogens is 2. The van der Waals surface area contributed by atoms with Crippen molar-refractivity contribution in [3.63, 3.8) is 0 Å². The van der Waals surface area contributed by atoms with Gasteiger partial charge in [0.1, 0.15) is 11.6 Å². The normalized spacial score (nSPS) is 11.8. The van der Waals surface area contributed by atoms with E-state index in [-0.39, 0.29) is 17.7 Å². The quantitative estimate of drug-likeness (QED) is 0.721. The third-order valence-corrected chi connectivity index (χ3v) is 3.99. The minimum atomic E-state index is -0.789. The van der Waals surface area contributed by atoms with Gasteiger partial charge in [0.25, 0.3) is 17.7 Å². The molecule has 0 unspecified atom stereocenters. The van der Waals surface area contributed by atoms with Gasteiger partial charge in [-0.2, -0.15) is 4.98 Å². The first kappa shape index (κ1) is 17.9. The van der Waals surface area contributed by atoms with Crippen molar-refractivity contribution in [1.29, 1.82) is 0 Å². The zero-order valence-electron chi connectivity index (χ0n) is 14.0. The number of nitrogens with one attached hydrogen (secondary N) is 1. The van der Waals surface area contributed by atoms with E-state index < -0.39 is 12.0 Å². The number of aromatic nitrogens is 2. The van der Waals surface area contributed by atoms with E-state index in [0.717, 1.165) is 5.56 Å². The summed E-state index contributed by atoms with van der Waals surface area (Å²) in [6.07, 6.45) is -0.789. The molecule has 0 saturated carbocycles. The fraction of sp³-hybridized carbons (Fsp3) is 0.167.